The maximum Gasteiger partial charge on any atom is 0.183 e. The number of aromatic amines is 1. The molecule has 170 valence electrons. The van der Waals surface area contributed by atoms with Crippen LogP contribution in [0.25, 0.3) is 10.9 Å². The standard InChI is InChI=1S/C26H34N4O2/c1-17-13-23(18(2)29(17)11-8-12-32-5)26(31)16-30-19(3)25(28-20(30)4)14-21-15-27-24-10-7-6-9-22(21)24/h6-7,9-10,13,15,19,25,27H,8,11-12,14,16H2,1-5H3/t19-,25-/m1/s1. The smallest absolute Gasteiger partial charge is 0.183 e. The first-order valence-electron chi connectivity index (χ1n) is 11.5. The van der Waals surface area contributed by atoms with Gasteiger partial charge in [-0.3, -0.25) is 9.79 Å². The maximum atomic E-state index is 13.3. The van der Waals surface area contributed by atoms with Crippen LogP contribution in [0.3, 0.4) is 0 Å². The second kappa shape index (κ2) is 9.33. The summed E-state index contributed by atoms with van der Waals surface area (Å²) >= 11 is 0. The highest BCUT2D eigenvalue weighted by atomic mass is 16.5. The quantitative estimate of drug-likeness (QED) is 0.397. The topological polar surface area (TPSA) is 62.6 Å². The van der Waals surface area contributed by atoms with Gasteiger partial charge in [-0.1, -0.05) is 18.2 Å². The second-order valence-corrected chi connectivity index (χ2v) is 8.88. The van der Waals surface area contributed by atoms with Gasteiger partial charge in [0.1, 0.15) is 0 Å². The Morgan fingerprint density at radius 2 is 2.00 bits per heavy atom. The molecule has 0 radical (unpaired) electrons. The van der Waals surface area contributed by atoms with Gasteiger partial charge in [0.15, 0.2) is 5.78 Å². The predicted octanol–water partition coefficient (Wildman–Crippen LogP) is 4.54. The number of aryl methyl sites for hydroxylation is 1. The van der Waals surface area contributed by atoms with Gasteiger partial charge in [0, 0.05) is 54.3 Å². The van der Waals surface area contributed by atoms with Crippen LogP contribution in [0.5, 0.6) is 0 Å². The molecule has 4 rings (SSSR count). The van der Waals surface area contributed by atoms with Gasteiger partial charge < -0.3 is 19.2 Å². The van der Waals surface area contributed by atoms with Gasteiger partial charge in [-0.15, -0.1) is 0 Å². The number of nitrogens with zero attached hydrogens (tertiary/aromatic N) is 3. The Hall–Kier alpha value is -2.86. The summed E-state index contributed by atoms with van der Waals surface area (Å²) < 4.78 is 7.40. The van der Waals surface area contributed by atoms with Gasteiger partial charge in [0.25, 0.3) is 0 Å². The first-order chi connectivity index (χ1) is 15.4. The third-order valence-electron chi connectivity index (χ3n) is 6.84. The molecule has 0 amide bonds. The van der Waals surface area contributed by atoms with E-state index in [0.717, 1.165) is 54.3 Å². The van der Waals surface area contributed by atoms with E-state index < -0.39 is 0 Å². The van der Waals surface area contributed by atoms with Crippen LogP contribution in [0.15, 0.2) is 41.5 Å². The van der Waals surface area contributed by atoms with Gasteiger partial charge in [-0.05, 0) is 58.2 Å². The van der Waals surface area contributed by atoms with Crippen molar-refractivity contribution in [1.29, 1.82) is 0 Å². The first-order valence-corrected chi connectivity index (χ1v) is 11.5. The molecular formula is C26H34N4O2. The van der Waals surface area contributed by atoms with Crippen LogP contribution in [-0.4, -0.2) is 58.4 Å². The number of benzene rings is 1. The van der Waals surface area contributed by atoms with Crippen LogP contribution in [0.1, 0.15) is 47.6 Å². The highest BCUT2D eigenvalue weighted by Gasteiger charge is 2.33. The van der Waals surface area contributed by atoms with E-state index in [0.29, 0.717) is 6.54 Å². The molecule has 2 aromatic heterocycles. The fourth-order valence-corrected chi connectivity index (χ4v) is 4.96. The molecule has 0 fully saturated rings. The monoisotopic (exact) mass is 434 g/mol. The van der Waals surface area contributed by atoms with E-state index >= 15 is 0 Å². The van der Waals surface area contributed by atoms with Crippen molar-refractivity contribution in [3.63, 3.8) is 0 Å². The predicted molar refractivity (Wildman–Crippen MR) is 130 cm³/mol. The summed E-state index contributed by atoms with van der Waals surface area (Å²) in [6.45, 7) is 10.3. The van der Waals surface area contributed by atoms with Crippen LogP contribution >= 0.6 is 0 Å². The van der Waals surface area contributed by atoms with Crippen LogP contribution in [0, 0.1) is 13.8 Å². The molecule has 3 heterocycles. The van der Waals surface area contributed by atoms with Gasteiger partial charge in [-0.2, -0.15) is 0 Å². The number of aromatic nitrogens is 2. The molecule has 2 atom stereocenters. The highest BCUT2D eigenvalue weighted by Crippen LogP contribution is 2.26. The number of nitrogens with one attached hydrogen (secondary N) is 1. The lowest BCUT2D eigenvalue weighted by molar-refractivity contribution is 0.0950. The summed E-state index contributed by atoms with van der Waals surface area (Å²) in [6, 6.07) is 10.7. The van der Waals surface area contributed by atoms with Gasteiger partial charge in [0.05, 0.1) is 24.5 Å². The van der Waals surface area contributed by atoms with Crippen molar-refractivity contribution in [2.24, 2.45) is 4.99 Å². The second-order valence-electron chi connectivity index (χ2n) is 8.88. The minimum Gasteiger partial charge on any atom is -0.385 e. The third-order valence-corrected chi connectivity index (χ3v) is 6.84. The highest BCUT2D eigenvalue weighted by molar-refractivity contribution is 6.01. The van der Waals surface area contributed by atoms with E-state index in [1.54, 1.807) is 7.11 Å². The molecule has 1 aromatic carbocycles. The number of ether oxygens (including phenoxy) is 1. The summed E-state index contributed by atoms with van der Waals surface area (Å²) in [5.41, 5.74) is 5.42. The van der Waals surface area contributed by atoms with E-state index in [9.17, 15) is 4.79 Å². The zero-order chi connectivity index (χ0) is 22.8. The van der Waals surface area contributed by atoms with Crippen molar-refractivity contribution in [2.75, 3.05) is 20.3 Å². The van der Waals surface area contributed by atoms with E-state index in [1.165, 1.54) is 10.9 Å². The van der Waals surface area contributed by atoms with Crippen molar-refractivity contribution in [3.05, 3.63) is 59.0 Å². The lowest BCUT2D eigenvalue weighted by atomic mass is 10.00. The molecule has 3 aromatic rings. The van der Waals surface area contributed by atoms with Crippen LogP contribution in [0.2, 0.25) is 0 Å². The number of aliphatic imine (C=N–C) groups is 1. The summed E-state index contributed by atoms with van der Waals surface area (Å²) in [5.74, 6) is 1.11. The van der Waals surface area contributed by atoms with Crippen molar-refractivity contribution in [3.8, 4) is 0 Å². The number of carbonyl (C=O) groups is 1. The number of fused-ring (bicyclic) bond motifs is 1. The maximum absolute atomic E-state index is 13.3. The lowest BCUT2D eigenvalue weighted by Gasteiger charge is -2.26. The zero-order valence-corrected chi connectivity index (χ0v) is 19.8. The molecule has 0 spiro atoms. The Morgan fingerprint density at radius 3 is 2.78 bits per heavy atom. The number of hydrogen-bond acceptors (Lipinski definition) is 4. The number of H-pyrrole nitrogens is 1. The zero-order valence-electron chi connectivity index (χ0n) is 19.8. The van der Waals surface area contributed by atoms with Crippen molar-refractivity contribution in [1.82, 2.24) is 14.5 Å². The van der Waals surface area contributed by atoms with Crippen LogP contribution in [0.4, 0.5) is 0 Å². The van der Waals surface area contributed by atoms with Crippen LogP contribution in [-0.2, 0) is 17.7 Å². The SMILES string of the molecule is COCCCn1c(C)cc(C(=O)CN2C(C)=N[C@H](Cc3c[nH]c4ccccc34)[C@H]2C)c1C. The van der Waals surface area contributed by atoms with E-state index in [1.807, 2.05) is 26.0 Å². The molecule has 6 heteroatoms. The number of para-hydroxylation sites is 1. The Morgan fingerprint density at radius 1 is 1.22 bits per heavy atom. The van der Waals surface area contributed by atoms with Gasteiger partial charge >= 0.3 is 0 Å². The number of ketones is 1. The number of methoxy groups -OCH3 is 1. The Bertz CT molecular complexity index is 1140. The summed E-state index contributed by atoms with van der Waals surface area (Å²) in [4.78, 5) is 23.7. The molecule has 1 N–H and O–H groups in total. The number of carbonyl (C=O) groups excluding carboxylic acids is 1. The number of hydrogen-bond donors (Lipinski definition) is 1. The minimum atomic E-state index is 0.142. The van der Waals surface area contributed by atoms with E-state index in [-0.39, 0.29) is 17.9 Å². The summed E-state index contributed by atoms with van der Waals surface area (Å²) in [7, 11) is 1.72. The Balaban J connectivity index is 1.45. The molecule has 0 saturated heterocycles. The molecule has 0 aliphatic carbocycles. The number of amidine groups is 1. The van der Waals surface area contributed by atoms with Gasteiger partial charge in [-0.25, -0.2) is 0 Å². The fraction of sp³-hybridized carbons (Fsp3) is 0.462. The summed E-state index contributed by atoms with van der Waals surface area (Å²) in [6.07, 6.45) is 3.89. The molecule has 0 bridgehead atoms. The summed E-state index contributed by atoms with van der Waals surface area (Å²) in [5, 5.41) is 1.25. The molecule has 1 aliphatic rings. The van der Waals surface area contributed by atoms with E-state index in [4.69, 9.17) is 9.73 Å². The largest absolute Gasteiger partial charge is 0.385 e. The average Bonchev–Trinajstić information content (AvgIpc) is 3.40. The number of Topliss-reactive ketones (excluding diaryl/α,β-unsaturated/α-hetero) is 1. The van der Waals surface area contributed by atoms with Crippen molar-refractivity contribution >= 4 is 22.5 Å². The molecule has 32 heavy (non-hydrogen) atoms. The minimum absolute atomic E-state index is 0.142. The lowest BCUT2D eigenvalue weighted by Crippen LogP contribution is -2.40. The Labute approximate surface area is 190 Å². The number of rotatable bonds is 9. The normalized spacial score (nSPS) is 18.5. The third kappa shape index (κ3) is 4.24. The van der Waals surface area contributed by atoms with E-state index in [2.05, 4.69) is 52.7 Å². The molecule has 0 unspecified atom stereocenters. The molecular weight excluding hydrogens is 400 g/mol. The average molecular weight is 435 g/mol. The Kier molecular flexibility index (Phi) is 6.51. The van der Waals surface area contributed by atoms with Crippen LogP contribution < -0.4 is 0 Å². The molecule has 1 aliphatic heterocycles. The van der Waals surface area contributed by atoms with Crippen molar-refractivity contribution in [2.45, 2.75) is 59.2 Å². The first kappa shape index (κ1) is 22.3. The fourth-order valence-electron chi connectivity index (χ4n) is 4.96. The molecule has 0 saturated carbocycles. The van der Waals surface area contributed by atoms with Gasteiger partial charge in [0.2, 0.25) is 0 Å². The molecule has 6 nitrogen and oxygen atoms in total. The van der Waals surface area contributed by atoms with Crippen molar-refractivity contribution < 1.29 is 9.53 Å².